The van der Waals surface area contributed by atoms with Gasteiger partial charge in [0.15, 0.2) is 5.78 Å². The zero-order chi connectivity index (χ0) is 21.5. The van der Waals surface area contributed by atoms with E-state index in [0.717, 1.165) is 5.56 Å². The highest BCUT2D eigenvalue weighted by atomic mass is 16.5. The topological polar surface area (TPSA) is 68.2 Å². The van der Waals surface area contributed by atoms with Crippen molar-refractivity contribution in [1.82, 2.24) is 0 Å². The molecule has 6 heteroatoms. The van der Waals surface area contributed by atoms with Gasteiger partial charge in [0.05, 0.1) is 19.6 Å². The van der Waals surface area contributed by atoms with E-state index in [9.17, 15) is 9.90 Å². The first-order valence-corrected chi connectivity index (χ1v) is 9.35. The standard InChI is InChI=1S/C22H25NO5/c1-15-5-3-4-6-19(15)27-14-22(2)13-18(25)21-17(24)11-16(12-20(21)28-22)23-7-9-26-10-8-23/h3-6,11-12,24H,7-10,13-14H2,1-2H3/i13D2. The highest BCUT2D eigenvalue weighted by Gasteiger charge is 2.39. The first kappa shape index (κ1) is 16.2. The summed E-state index contributed by atoms with van der Waals surface area (Å²) in [5.74, 6) is -0.343. The third-order valence-electron chi connectivity index (χ3n) is 4.98. The maximum atomic E-state index is 13.0. The lowest BCUT2D eigenvalue weighted by Crippen LogP contribution is -2.44. The van der Waals surface area contributed by atoms with E-state index in [2.05, 4.69) is 0 Å². The Hall–Kier alpha value is -2.73. The van der Waals surface area contributed by atoms with Crippen LogP contribution >= 0.6 is 0 Å². The third kappa shape index (κ3) is 3.64. The Morgan fingerprint density at radius 3 is 2.79 bits per heavy atom. The van der Waals surface area contributed by atoms with E-state index < -0.39 is 17.8 Å². The van der Waals surface area contributed by atoms with Crippen molar-refractivity contribution in [2.75, 3.05) is 37.8 Å². The average Bonchev–Trinajstić information content (AvgIpc) is 2.72. The molecule has 0 aromatic heterocycles. The van der Waals surface area contributed by atoms with Gasteiger partial charge < -0.3 is 24.2 Å². The predicted molar refractivity (Wildman–Crippen MR) is 106 cm³/mol. The maximum Gasteiger partial charge on any atom is 0.174 e. The number of carbonyl (C=O) groups excluding carboxylic acids is 1. The smallest absolute Gasteiger partial charge is 0.174 e. The van der Waals surface area contributed by atoms with Crippen LogP contribution in [-0.2, 0) is 4.74 Å². The maximum absolute atomic E-state index is 13.0. The Bertz CT molecular complexity index is 974. The SMILES string of the molecule is [2H]C1([2H])C(=O)c2c(O)cc(N3CCOCC3)cc2OC1(C)COc1ccccc1C. The van der Waals surface area contributed by atoms with Crippen LogP contribution in [0.5, 0.6) is 17.2 Å². The number of para-hydroxylation sites is 1. The molecule has 0 radical (unpaired) electrons. The number of fused-ring (bicyclic) bond motifs is 1. The number of ether oxygens (including phenoxy) is 3. The molecule has 4 rings (SSSR count). The Morgan fingerprint density at radius 2 is 2.04 bits per heavy atom. The second-order valence-electron chi connectivity index (χ2n) is 7.28. The summed E-state index contributed by atoms with van der Waals surface area (Å²) in [6.07, 6.45) is -2.39. The lowest BCUT2D eigenvalue weighted by Gasteiger charge is -2.36. The first-order valence-electron chi connectivity index (χ1n) is 10.3. The summed E-state index contributed by atoms with van der Waals surface area (Å²) in [4.78, 5) is 15.1. The van der Waals surface area contributed by atoms with E-state index in [1.165, 1.54) is 13.0 Å². The number of aromatic hydroxyl groups is 1. The third-order valence-corrected chi connectivity index (χ3v) is 4.98. The highest BCUT2D eigenvalue weighted by Crippen LogP contribution is 2.41. The van der Waals surface area contributed by atoms with Crippen LogP contribution < -0.4 is 14.4 Å². The molecule has 1 atom stereocenters. The number of phenols is 1. The van der Waals surface area contributed by atoms with E-state index in [0.29, 0.717) is 37.7 Å². The molecule has 0 amide bonds. The molecule has 28 heavy (non-hydrogen) atoms. The number of hydrogen-bond donors (Lipinski definition) is 1. The number of phenolic OH excluding ortho intramolecular Hbond substituents is 1. The van der Waals surface area contributed by atoms with Crippen molar-refractivity contribution >= 4 is 11.5 Å². The Kier molecular flexibility index (Phi) is 4.27. The van der Waals surface area contributed by atoms with Gasteiger partial charge in [0.25, 0.3) is 0 Å². The number of nitrogens with zero attached hydrogens (tertiary/aromatic N) is 1. The lowest BCUT2D eigenvalue weighted by molar-refractivity contribution is 0.0184. The van der Waals surface area contributed by atoms with Crippen molar-refractivity contribution in [2.45, 2.75) is 25.8 Å². The molecule has 148 valence electrons. The Morgan fingerprint density at radius 1 is 1.29 bits per heavy atom. The number of benzene rings is 2. The van der Waals surface area contributed by atoms with Gasteiger partial charge in [0, 0.05) is 33.7 Å². The van der Waals surface area contributed by atoms with Gasteiger partial charge >= 0.3 is 0 Å². The number of aryl methyl sites for hydroxylation is 1. The molecule has 2 aliphatic rings. The lowest BCUT2D eigenvalue weighted by atomic mass is 9.91. The monoisotopic (exact) mass is 385 g/mol. The van der Waals surface area contributed by atoms with Gasteiger partial charge in [-0.25, -0.2) is 0 Å². The molecule has 0 saturated carbocycles. The van der Waals surface area contributed by atoms with Crippen LogP contribution in [0.4, 0.5) is 5.69 Å². The molecule has 0 aliphatic carbocycles. The van der Waals surface area contributed by atoms with Crippen LogP contribution in [0, 0.1) is 6.92 Å². The minimum Gasteiger partial charge on any atom is -0.507 e. The van der Waals surface area contributed by atoms with Crippen LogP contribution in [0.1, 0.15) is 32.0 Å². The van der Waals surface area contributed by atoms with Crippen LogP contribution in [0.15, 0.2) is 36.4 Å². The Labute approximate surface area is 167 Å². The molecule has 2 aliphatic heterocycles. The zero-order valence-electron chi connectivity index (χ0n) is 18.0. The van der Waals surface area contributed by atoms with Gasteiger partial charge in [-0.2, -0.15) is 0 Å². The van der Waals surface area contributed by atoms with Crippen molar-refractivity contribution in [3.05, 3.63) is 47.5 Å². The number of anilines is 1. The molecule has 6 nitrogen and oxygen atoms in total. The molecule has 2 heterocycles. The molecule has 0 spiro atoms. The summed E-state index contributed by atoms with van der Waals surface area (Å²) < 4.78 is 34.2. The van der Waals surface area contributed by atoms with Crippen molar-refractivity contribution in [3.8, 4) is 17.2 Å². The summed E-state index contributed by atoms with van der Waals surface area (Å²) in [6, 6.07) is 10.5. The molecular formula is C22H25NO5. The minimum absolute atomic E-state index is 0.134. The van der Waals surface area contributed by atoms with Gasteiger partial charge in [-0.15, -0.1) is 0 Å². The van der Waals surface area contributed by atoms with E-state index in [-0.39, 0.29) is 23.7 Å². The fourth-order valence-corrected chi connectivity index (χ4v) is 3.47. The highest BCUT2D eigenvalue weighted by molar-refractivity contribution is 6.03. The van der Waals surface area contributed by atoms with E-state index >= 15 is 0 Å². The van der Waals surface area contributed by atoms with E-state index in [1.54, 1.807) is 12.1 Å². The molecule has 2 aromatic rings. The number of Topliss-reactive ketones (excluding diaryl/α,β-unsaturated/α-hetero) is 1. The van der Waals surface area contributed by atoms with E-state index in [4.69, 9.17) is 17.0 Å². The molecule has 1 fully saturated rings. The predicted octanol–water partition coefficient (Wildman–Crippen LogP) is 3.34. The summed E-state index contributed by atoms with van der Waals surface area (Å²) in [6.45, 7) is 5.69. The van der Waals surface area contributed by atoms with E-state index in [1.807, 2.05) is 30.0 Å². The second kappa shape index (κ2) is 7.36. The molecule has 1 N–H and O–H groups in total. The molecule has 2 aromatic carbocycles. The largest absolute Gasteiger partial charge is 0.507 e. The fourth-order valence-electron chi connectivity index (χ4n) is 3.47. The minimum atomic E-state index is -2.39. The molecular weight excluding hydrogens is 358 g/mol. The summed E-state index contributed by atoms with van der Waals surface area (Å²) in [7, 11) is 0. The second-order valence-corrected chi connectivity index (χ2v) is 7.28. The van der Waals surface area contributed by atoms with Crippen molar-refractivity contribution in [1.29, 1.82) is 0 Å². The van der Waals surface area contributed by atoms with Crippen LogP contribution in [0.25, 0.3) is 0 Å². The van der Waals surface area contributed by atoms with Gasteiger partial charge in [-0.05, 0) is 25.5 Å². The van der Waals surface area contributed by atoms with Gasteiger partial charge in [0.1, 0.15) is 35.0 Å². The van der Waals surface area contributed by atoms with Crippen molar-refractivity contribution in [3.63, 3.8) is 0 Å². The quantitative estimate of drug-likeness (QED) is 0.871. The van der Waals surface area contributed by atoms with Gasteiger partial charge in [0.2, 0.25) is 0 Å². The van der Waals surface area contributed by atoms with Crippen molar-refractivity contribution < 1.29 is 26.9 Å². The first-order chi connectivity index (χ1) is 14.2. The molecule has 1 unspecified atom stereocenters. The van der Waals surface area contributed by atoms with Gasteiger partial charge in [-0.3, -0.25) is 4.79 Å². The summed E-state index contributed by atoms with van der Waals surface area (Å²) in [5.41, 5.74) is -0.107. The van der Waals surface area contributed by atoms with Crippen molar-refractivity contribution in [2.24, 2.45) is 0 Å². The van der Waals surface area contributed by atoms with Crippen LogP contribution in [0.2, 0.25) is 0 Å². The van der Waals surface area contributed by atoms with Crippen LogP contribution in [0.3, 0.4) is 0 Å². The molecule has 1 saturated heterocycles. The number of hydrogen-bond acceptors (Lipinski definition) is 6. The Balaban J connectivity index is 1.68. The average molecular weight is 385 g/mol. The number of rotatable bonds is 4. The normalized spacial score (nSPS) is 24.6. The van der Waals surface area contributed by atoms with Crippen LogP contribution in [-0.4, -0.2) is 49.4 Å². The van der Waals surface area contributed by atoms with Gasteiger partial charge in [-0.1, -0.05) is 18.2 Å². The number of morpholine rings is 1. The fraction of sp³-hybridized carbons (Fsp3) is 0.409. The summed E-state index contributed by atoms with van der Waals surface area (Å²) >= 11 is 0. The number of ketones is 1. The zero-order valence-corrected chi connectivity index (χ0v) is 16.0. The number of carbonyl (C=O) groups is 1. The molecule has 0 bridgehead atoms. The summed E-state index contributed by atoms with van der Waals surface area (Å²) in [5, 5.41) is 10.5.